The number of carboxylic acid groups (broad SMARTS) is 1. The van der Waals surface area contributed by atoms with Gasteiger partial charge in [-0.2, -0.15) is 0 Å². The van der Waals surface area contributed by atoms with Crippen molar-refractivity contribution in [1.82, 2.24) is 0 Å². The lowest BCUT2D eigenvalue weighted by atomic mass is 10.2. The summed E-state index contributed by atoms with van der Waals surface area (Å²) in [5, 5.41) is 11.8. The minimum Gasteiger partial charge on any atom is -0.478 e. The highest BCUT2D eigenvalue weighted by Gasteiger charge is 2.12. The number of nitrogens with one attached hydrogen (secondary N) is 1. The van der Waals surface area contributed by atoms with Gasteiger partial charge in [0, 0.05) is 11.8 Å². The summed E-state index contributed by atoms with van der Waals surface area (Å²) in [5.74, 6) is -1.75. The fraction of sp³-hybridized carbons (Fsp3) is 0. The number of benzene rings is 2. The van der Waals surface area contributed by atoms with Crippen molar-refractivity contribution in [2.75, 3.05) is 5.32 Å². The molecule has 0 spiro atoms. The van der Waals surface area contributed by atoms with E-state index in [-0.39, 0.29) is 16.8 Å². The van der Waals surface area contributed by atoms with Crippen molar-refractivity contribution in [2.45, 2.75) is 0 Å². The van der Waals surface area contributed by atoms with Crippen molar-refractivity contribution < 1.29 is 19.1 Å². The van der Waals surface area contributed by atoms with Crippen molar-refractivity contribution in [3.63, 3.8) is 0 Å². The molecule has 2 N–H and O–H groups in total. The molecule has 114 valence electrons. The van der Waals surface area contributed by atoms with E-state index in [0.29, 0.717) is 16.7 Å². The number of hydrogen-bond acceptors (Lipinski definition) is 4. The number of aromatic carboxylic acids is 1. The highest BCUT2D eigenvalue weighted by atomic mass is 16.4. The lowest BCUT2D eigenvalue weighted by Gasteiger charge is -2.05. The molecule has 0 aliphatic rings. The van der Waals surface area contributed by atoms with Crippen molar-refractivity contribution >= 4 is 28.5 Å². The maximum atomic E-state index is 12.2. The minimum absolute atomic E-state index is 0.111. The van der Waals surface area contributed by atoms with E-state index >= 15 is 0 Å². The number of para-hydroxylation sites is 1. The third-order valence-electron chi connectivity index (χ3n) is 3.25. The van der Waals surface area contributed by atoms with Gasteiger partial charge in [-0.3, -0.25) is 9.59 Å². The summed E-state index contributed by atoms with van der Waals surface area (Å²) in [7, 11) is 0. The summed E-state index contributed by atoms with van der Waals surface area (Å²) >= 11 is 0. The van der Waals surface area contributed by atoms with Crippen LogP contribution in [0.4, 0.5) is 5.69 Å². The van der Waals surface area contributed by atoms with Crippen LogP contribution in [0.25, 0.3) is 11.0 Å². The summed E-state index contributed by atoms with van der Waals surface area (Å²) in [6.45, 7) is 0. The molecule has 23 heavy (non-hydrogen) atoms. The first-order chi connectivity index (χ1) is 11.0. The Bertz CT molecular complexity index is 957. The second kappa shape index (κ2) is 5.76. The van der Waals surface area contributed by atoms with E-state index in [1.54, 1.807) is 24.3 Å². The first-order valence-corrected chi connectivity index (χ1v) is 6.72. The van der Waals surface area contributed by atoms with Crippen molar-refractivity contribution in [1.29, 1.82) is 0 Å². The normalized spacial score (nSPS) is 10.4. The zero-order chi connectivity index (χ0) is 16.4. The Morgan fingerprint density at radius 3 is 2.39 bits per heavy atom. The van der Waals surface area contributed by atoms with Crippen LogP contribution in [0, 0.1) is 0 Å². The fourth-order valence-electron chi connectivity index (χ4n) is 2.10. The standard InChI is InChI=1S/C17H11NO5/c19-13-9-15(23-14-4-2-1-3-12(13)14)16(20)18-11-7-5-10(6-8-11)17(21)22/h1-9H,(H,18,20)(H,21,22). The highest BCUT2D eigenvalue weighted by molar-refractivity contribution is 6.03. The van der Waals surface area contributed by atoms with E-state index in [1.807, 2.05) is 0 Å². The quantitative estimate of drug-likeness (QED) is 0.775. The van der Waals surface area contributed by atoms with E-state index < -0.39 is 11.9 Å². The Morgan fingerprint density at radius 1 is 1.00 bits per heavy atom. The smallest absolute Gasteiger partial charge is 0.335 e. The topological polar surface area (TPSA) is 96.6 Å². The second-order valence-corrected chi connectivity index (χ2v) is 4.81. The Balaban J connectivity index is 1.88. The zero-order valence-electron chi connectivity index (χ0n) is 11.8. The number of carbonyl (C=O) groups is 2. The minimum atomic E-state index is -1.05. The van der Waals surface area contributed by atoms with Gasteiger partial charge in [-0.25, -0.2) is 4.79 Å². The number of rotatable bonds is 3. The van der Waals surface area contributed by atoms with E-state index in [4.69, 9.17) is 9.52 Å². The molecular formula is C17H11NO5. The summed E-state index contributed by atoms with van der Waals surface area (Å²) in [5.41, 5.74) is 0.528. The number of hydrogen-bond donors (Lipinski definition) is 2. The molecule has 0 aliphatic carbocycles. The lowest BCUT2D eigenvalue weighted by Crippen LogP contribution is -2.15. The molecule has 6 heteroatoms. The third-order valence-corrected chi connectivity index (χ3v) is 3.25. The average Bonchev–Trinajstić information content (AvgIpc) is 2.55. The van der Waals surface area contributed by atoms with Crippen LogP contribution in [-0.4, -0.2) is 17.0 Å². The number of amides is 1. The number of anilines is 1. The molecule has 0 bridgehead atoms. The zero-order valence-corrected chi connectivity index (χ0v) is 11.8. The molecule has 0 aliphatic heterocycles. The van der Waals surface area contributed by atoms with E-state index in [0.717, 1.165) is 6.07 Å². The molecule has 0 atom stereocenters. The van der Waals surface area contributed by atoms with Crippen LogP contribution in [0.3, 0.4) is 0 Å². The molecule has 0 saturated carbocycles. The Labute approximate surface area is 130 Å². The van der Waals surface area contributed by atoms with Gasteiger partial charge >= 0.3 is 5.97 Å². The summed E-state index contributed by atoms with van der Waals surface area (Å²) in [4.78, 5) is 34.9. The van der Waals surface area contributed by atoms with Gasteiger partial charge < -0.3 is 14.8 Å². The Kier molecular flexibility index (Phi) is 3.64. The molecule has 0 fully saturated rings. The van der Waals surface area contributed by atoms with Gasteiger partial charge in [0.15, 0.2) is 11.2 Å². The molecular weight excluding hydrogens is 298 g/mol. The maximum absolute atomic E-state index is 12.2. The molecule has 0 unspecified atom stereocenters. The molecule has 6 nitrogen and oxygen atoms in total. The second-order valence-electron chi connectivity index (χ2n) is 4.81. The first-order valence-electron chi connectivity index (χ1n) is 6.72. The van der Waals surface area contributed by atoms with E-state index in [2.05, 4.69) is 5.32 Å². The molecule has 3 rings (SSSR count). The van der Waals surface area contributed by atoms with Gasteiger partial charge in [0.25, 0.3) is 5.91 Å². The van der Waals surface area contributed by atoms with Crippen LogP contribution >= 0.6 is 0 Å². The number of carboxylic acids is 1. The Morgan fingerprint density at radius 2 is 1.70 bits per heavy atom. The van der Waals surface area contributed by atoms with Crippen molar-refractivity contribution in [3.8, 4) is 0 Å². The van der Waals surface area contributed by atoms with Gasteiger partial charge in [0.05, 0.1) is 10.9 Å². The molecule has 2 aromatic carbocycles. The van der Waals surface area contributed by atoms with Crippen LogP contribution in [0.5, 0.6) is 0 Å². The predicted molar refractivity (Wildman–Crippen MR) is 83.8 cm³/mol. The maximum Gasteiger partial charge on any atom is 0.335 e. The van der Waals surface area contributed by atoms with Gasteiger partial charge in [-0.1, -0.05) is 12.1 Å². The predicted octanol–water partition coefficient (Wildman–Crippen LogP) is 2.74. The summed E-state index contributed by atoms with van der Waals surface area (Å²) in [6.07, 6.45) is 0. The molecule has 0 radical (unpaired) electrons. The summed E-state index contributed by atoms with van der Waals surface area (Å²) < 4.78 is 5.43. The Hall–Kier alpha value is -3.41. The van der Waals surface area contributed by atoms with Crippen LogP contribution in [0.15, 0.2) is 63.8 Å². The van der Waals surface area contributed by atoms with Crippen molar-refractivity contribution in [2.24, 2.45) is 0 Å². The monoisotopic (exact) mass is 309 g/mol. The largest absolute Gasteiger partial charge is 0.478 e. The highest BCUT2D eigenvalue weighted by Crippen LogP contribution is 2.14. The van der Waals surface area contributed by atoms with Crippen LogP contribution in [0.1, 0.15) is 20.9 Å². The van der Waals surface area contributed by atoms with Gasteiger partial charge in [-0.15, -0.1) is 0 Å². The third kappa shape index (κ3) is 2.96. The van der Waals surface area contributed by atoms with Gasteiger partial charge in [0.2, 0.25) is 0 Å². The SMILES string of the molecule is O=C(O)c1ccc(NC(=O)c2cc(=O)c3ccccc3o2)cc1. The van der Waals surface area contributed by atoms with Crippen LogP contribution in [-0.2, 0) is 0 Å². The molecule has 1 amide bonds. The number of carbonyl (C=O) groups excluding carboxylic acids is 1. The molecule has 1 aromatic heterocycles. The van der Waals surface area contributed by atoms with Gasteiger partial charge in [0.1, 0.15) is 5.58 Å². The van der Waals surface area contributed by atoms with E-state index in [9.17, 15) is 14.4 Å². The molecule has 1 heterocycles. The molecule has 3 aromatic rings. The van der Waals surface area contributed by atoms with Crippen LogP contribution in [0.2, 0.25) is 0 Å². The van der Waals surface area contributed by atoms with Crippen molar-refractivity contribution in [3.05, 3.63) is 76.1 Å². The van der Waals surface area contributed by atoms with Gasteiger partial charge in [-0.05, 0) is 36.4 Å². The fourth-order valence-corrected chi connectivity index (χ4v) is 2.10. The number of fused-ring (bicyclic) bond motifs is 1. The lowest BCUT2D eigenvalue weighted by molar-refractivity contribution is 0.0696. The summed E-state index contributed by atoms with van der Waals surface area (Å²) in [6, 6.07) is 13.4. The average molecular weight is 309 g/mol. The van der Waals surface area contributed by atoms with Crippen LogP contribution < -0.4 is 10.7 Å². The molecule has 0 saturated heterocycles. The van der Waals surface area contributed by atoms with E-state index in [1.165, 1.54) is 24.3 Å². The first kappa shape index (κ1) is 14.5.